The summed E-state index contributed by atoms with van der Waals surface area (Å²) in [5, 5.41) is 14.8. The Hall–Kier alpha value is -3.65. The number of carbonyl (C=O) groups excluding carboxylic acids is 2. The number of halogens is 1. The number of Topliss-reactive ketones (excluding diaryl/α,β-unsaturated/α-hetero) is 1. The van der Waals surface area contributed by atoms with Crippen molar-refractivity contribution in [1.82, 2.24) is 5.32 Å². The zero-order chi connectivity index (χ0) is 26.0. The molecule has 4 rings (SSSR count). The molecule has 2 aliphatic rings. The van der Waals surface area contributed by atoms with Crippen LogP contribution in [0.2, 0.25) is 5.02 Å². The third-order valence-corrected chi connectivity index (χ3v) is 6.61. The molecule has 36 heavy (non-hydrogen) atoms. The molecule has 8 nitrogen and oxygen atoms in total. The van der Waals surface area contributed by atoms with Crippen LogP contribution in [0.4, 0.5) is 5.69 Å². The number of para-hydroxylation sites is 1. The number of hydrogen-bond acceptors (Lipinski definition) is 7. The summed E-state index contributed by atoms with van der Waals surface area (Å²) < 4.78 is 11.1. The zero-order valence-electron chi connectivity index (χ0n) is 20.3. The molecular weight excluding hydrogens is 484 g/mol. The molecule has 0 aromatic heterocycles. The second kappa shape index (κ2) is 10.1. The van der Waals surface area contributed by atoms with Gasteiger partial charge in [0, 0.05) is 35.4 Å². The fourth-order valence-corrected chi connectivity index (χ4v) is 4.96. The molecule has 2 aromatic rings. The Morgan fingerprint density at radius 1 is 1.17 bits per heavy atom. The average Bonchev–Trinajstić information content (AvgIpc) is 2.81. The van der Waals surface area contributed by atoms with Crippen LogP contribution in [-0.2, 0) is 14.3 Å². The molecule has 0 saturated heterocycles. The number of hydrogen-bond donors (Lipinski definition) is 1. The molecule has 0 radical (unpaired) electrons. The van der Waals surface area contributed by atoms with Crippen LogP contribution in [0.3, 0.4) is 0 Å². The van der Waals surface area contributed by atoms with Gasteiger partial charge in [-0.1, -0.05) is 49.7 Å². The van der Waals surface area contributed by atoms with E-state index in [-0.39, 0.29) is 40.7 Å². The van der Waals surface area contributed by atoms with E-state index in [0.29, 0.717) is 35.4 Å². The predicted molar refractivity (Wildman–Crippen MR) is 135 cm³/mol. The van der Waals surface area contributed by atoms with Crippen molar-refractivity contribution in [1.29, 1.82) is 0 Å². The highest BCUT2D eigenvalue weighted by Gasteiger charge is 2.43. The normalized spacial score (nSPS) is 18.9. The Labute approximate surface area is 214 Å². The summed E-state index contributed by atoms with van der Waals surface area (Å²) in [4.78, 5) is 37.7. The van der Waals surface area contributed by atoms with E-state index in [1.165, 1.54) is 12.1 Å². The van der Waals surface area contributed by atoms with Crippen LogP contribution in [0.15, 0.2) is 71.1 Å². The number of nitrogens with zero attached hydrogens (tertiary/aromatic N) is 1. The monoisotopic (exact) mass is 510 g/mol. The Morgan fingerprint density at radius 2 is 1.89 bits per heavy atom. The molecule has 0 amide bonds. The Balaban J connectivity index is 1.67. The van der Waals surface area contributed by atoms with Crippen LogP contribution in [0.25, 0.3) is 0 Å². The molecule has 2 aromatic carbocycles. The van der Waals surface area contributed by atoms with E-state index in [2.05, 4.69) is 5.32 Å². The first kappa shape index (κ1) is 25.4. The summed E-state index contributed by atoms with van der Waals surface area (Å²) in [6.45, 7) is 5.89. The molecule has 1 aliphatic carbocycles. The van der Waals surface area contributed by atoms with Crippen molar-refractivity contribution in [2.24, 2.45) is 5.41 Å². The Bertz CT molecular complexity index is 1280. The SMILES string of the molecule is CC1=C(C(=O)OCCOc2ccccc2)C(c2ccc(Cl)c([N+](=O)[O-])c2)C2=C(CC(C)(C)CC2=O)N1. The zero-order valence-corrected chi connectivity index (χ0v) is 21.1. The molecule has 1 unspecified atom stereocenters. The number of ketones is 1. The predicted octanol–water partition coefficient (Wildman–Crippen LogP) is 5.47. The van der Waals surface area contributed by atoms with Gasteiger partial charge in [0.05, 0.1) is 10.5 Å². The third-order valence-electron chi connectivity index (χ3n) is 6.29. The van der Waals surface area contributed by atoms with Gasteiger partial charge in [0.1, 0.15) is 24.0 Å². The summed E-state index contributed by atoms with van der Waals surface area (Å²) in [5.41, 5.74) is 1.81. The van der Waals surface area contributed by atoms with Gasteiger partial charge < -0.3 is 14.8 Å². The molecule has 1 N–H and O–H groups in total. The van der Waals surface area contributed by atoms with E-state index in [4.69, 9.17) is 21.1 Å². The lowest BCUT2D eigenvalue weighted by atomic mass is 9.68. The lowest BCUT2D eigenvalue weighted by Crippen LogP contribution is -2.38. The maximum absolute atomic E-state index is 13.4. The highest BCUT2D eigenvalue weighted by atomic mass is 35.5. The van der Waals surface area contributed by atoms with Crippen molar-refractivity contribution in [3.05, 3.63) is 91.8 Å². The van der Waals surface area contributed by atoms with Gasteiger partial charge in [-0.25, -0.2) is 4.79 Å². The minimum Gasteiger partial charge on any atom is -0.490 e. The Morgan fingerprint density at radius 3 is 2.58 bits per heavy atom. The van der Waals surface area contributed by atoms with E-state index in [0.717, 1.165) is 5.70 Å². The van der Waals surface area contributed by atoms with Gasteiger partial charge in [0.2, 0.25) is 0 Å². The van der Waals surface area contributed by atoms with Crippen molar-refractivity contribution in [2.75, 3.05) is 13.2 Å². The minimum atomic E-state index is -0.816. The lowest BCUT2D eigenvalue weighted by molar-refractivity contribution is -0.384. The van der Waals surface area contributed by atoms with Gasteiger partial charge in [0.15, 0.2) is 5.78 Å². The maximum Gasteiger partial charge on any atom is 0.336 e. The fourth-order valence-electron chi connectivity index (χ4n) is 4.78. The first-order valence-corrected chi connectivity index (χ1v) is 12.0. The van der Waals surface area contributed by atoms with E-state index >= 15 is 0 Å². The van der Waals surface area contributed by atoms with Crippen molar-refractivity contribution in [2.45, 2.75) is 39.5 Å². The molecule has 0 fully saturated rings. The lowest BCUT2D eigenvalue weighted by Gasteiger charge is -2.39. The average molecular weight is 511 g/mol. The molecule has 1 heterocycles. The van der Waals surface area contributed by atoms with Gasteiger partial charge in [0.25, 0.3) is 5.69 Å². The maximum atomic E-state index is 13.4. The number of esters is 1. The first-order chi connectivity index (χ1) is 17.1. The van der Waals surface area contributed by atoms with Gasteiger partial charge in [-0.2, -0.15) is 0 Å². The van der Waals surface area contributed by atoms with Crippen molar-refractivity contribution in [3.8, 4) is 5.75 Å². The number of allylic oxidation sites excluding steroid dienone is 3. The standard InChI is InChI=1S/C27H27ClN2O6/c1-16-23(26(32)36-12-11-35-18-7-5-4-6-8-18)24(17-9-10-19(28)21(13-17)30(33)34)25-20(29-16)14-27(2,3)15-22(25)31/h4-10,13,24,29H,11-12,14-15H2,1-3H3. The summed E-state index contributed by atoms with van der Waals surface area (Å²) in [5.74, 6) is -0.895. The minimum absolute atomic E-state index is 0.00905. The van der Waals surface area contributed by atoms with Gasteiger partial charge in [-0.15, -0.1) is 0 Å². The van der Waals surface area contributed by atoms with Crippen LogP contribution < -0.4 is 10.1 Å². The molecule has 188 valence electrons. The number of benzene rings is 2. The van der Waals surface area contributed by atoms with E-state index in [9.17, 15) is 19.7 Å². The largest absolute Gasteiger partial charge is 0.490 e. The number of ether oxygens (including phenoxy) is 2. The molecule has 9 heteroatoms. The molecular formula is C27H27ClN2O6. The summed E-state index contributed by atoms with van der Waals surface area (Å²) in [6.07, 6.45) is 0.900. The van der Waals surface area contributed by atoms with Gasteiger partial charge in [-0.3, -0.25) is 14.9 Å². The molecule has 1 aliphatic heterocycles. The van der Waals surface area contributed by atoms with Crippen molar-refractivity contribution < 1.29 is 24.0 Å². The topological polar surface area (TPSA) is 108 Å². The first-order valence-electron chi connectivity index (χ1n) is 11.6. The Kier molecular flexibility index (Phi) is 7.17. The quantitative estimate of drug-likeness (QED) is 0.227. The fraction of sp³-hybridized carbons (Fsp3) is 0.333. The van der Waals surface area contributed by atoms with E-state index < -0.39 is 16.8 Å². The third kappa shape index (κ3) is 5.28. The number of rotatable bonds is 7. The number of carbonyl (C=O) groups is 2. The summed E-state index contributed by atoms with van der Waals surface area (Å²) >= 11 is 6.05. The van der Waals surface area contributed by atoms with Crippen LogP contribution in [0, 0.1) is 15.5 Å². The second-order valence-corrected chi connectivity index (χ2v) is 10.1. The smallest absolute Gasteiger partial charge is 0.336 e. The molecule has 0 bridgehead atoms. The number of nitro groups is 1. The van der Waals surface area contributed by atoms with Crippen LogP contribution in [0.1, 0.15) is 45.1 Å². The molecule has 0 spiro atoms. The van der Waals surface area contributed by atoms with E-state index in [1.807, 2.05) is 32.0 Å². The van der Waals surface area contributed by atoms with Crippen molar-refractivity contribution >= 4 is 29.0 Å². The number of nitrogens with one attached hydrogen (secondary N) is 1. The van der Waals surface area contributed by atoms with Crippen molar-refractivity contribution in [3.63, 3.8) is 0 Å². The highest BCUT2D eigenvalue weighted by Crippen LogP contribution is 2.47. The second-order valence-electron chi connectivity index (χ2n) is 9.70. The summed E-state index contributed by atoms with van der Waals surface area (Å²) in [6, 6.07) is 13.5. The highest BCUT2D eigenvalue weighted by molar-refractivity contribution is 6.32. The molecule has 0 saturated carbocycles. The number of dihydropyridines is 1. The van der Waals surface area contributed by atoms with Gasteiger partial charge in [-0.05, 0) is 42.5 Å². The van der Waals surface area contributed by atoms with E-state index in [1.54, 1.807) is 25.1 Å². The summed E-state index contributed by atoms with van der Waals surface area (Å²) in [7, 11) is 0. The van der Waals surface area contributed by atoms with Crippen LogP contribution >= 0.6 is 11.6 Å². The van der Waals surface area contributed by atoms with Gasteiger partial charge >= 0.3 is 5.97 Å². The number of nitro benzene ring substituents is 1. The van der Waals surface area contributed by atoms with Crippen LogP contribution in [0.5, 0.6) is 5.75 Å². The van der Waals surface area contributed by atoms with Crippen LogP contribution in [-0.4, -0.2) is 29.9 Å². The molecule has 1 atom stereocenters.